The van der Waals surface area contributed by atoms with Crippen LogP contribution in [-0.4, -0.2) is 33.3 Å². The van der Waals surface area contributed by atoms with E-state index in [0.29, 0.717) is 0 Å². The van der Waals surface area contributed by atoms with Gasteiger partial charge in [-0.3, -0.25) is 4.79 Å². The summed E-state index contributed by atoms with van der Waals surface area (Å²) >= 11 is 0. The lowest BCUT2D eigenvalue weighted by Gasteiger charge is -2.14. The van der Waals surface area contributed by atoms with E-state index in [-0.39, 0.29) is 5.91 Å². The zero-order valence-electron chi connectivity index (χ0n) is 11.9. The Hall–Kier alpha value is -1.55. The Morgan fingerprint density at radius 1 is 1.17 bits per heavy atom. The molecule has 18 heavy (non-hydrogen) atoms. The van der Waals surface area contributed by atoms with E-state index < -0.39 is 0 Å². The van der Waals surface area contributed by atoms with Gasteiger partial charge < -0.3 is 14.4 Å². The first-order valence-electron chi connectivity index (χ1n) is 6.02. The molecular formula is C14H23NO3. The van der Waals surface area contributed by atoms with Gasteiger partial charge in [0.15, 0.2) is 0 Å². The number of benzene rings is 1. The number of amides is 1. The van der Waals surface area contributed by atoms with Crippen LogP contribution in [0.4, 0.5) is 5.69 Å². The highest BCUT2D eigenvalue weighted by Gasteiger charge is 2.04. The quantitative estimate of drug-likeness (QED) is 0.828. The van der Waals surface area contributed by atoms with Crippen LogP contribution in [0.3, 0.4) is 0 Å². The molecule has 0 aromatic heterocycles. The van der Waals surface area contributed by atoms with Crippen molar-refractivity contribution in [2.75, 3.05) is 32.3 Å². The van der Waals surface area contributed by atoms with Gasteiger partial charge in [0, 0.05) is 32.9 Å². The molecule has 4 heteroatoms. The molecule has 0 saturated heterocycles. The number of rotatable bonds is 4. The molecule has 1 rings (SSSR count). The monoisotopic (exact) mass is 253 g/mol. The van der Waals surface area contributed by atoms with Crippen molar-refractivity contribution >= 4 is 11.6 Å². The van der Waals surface area contributed by atoms with Gasteiger partial charge in [-0.2, -0.15) is 0 Å². The second kappa shape index (κ2) is 9.48. The Morgan fingerprint density at radius 3 is 1.94 bits per heavy atom. The van der Waals surface area contributed by atoms with Crippen molar-refractivity contribution in [1.29, 1.82) is 0 Å². The van der Waals surface area contributed by atoms with Gasteiger partial charge in [-0.25, -0.2) is 0 Å². The lowest BCUT2D eigenvalue weighted by Crippen LogP contribution is -2.22. The van der Waals surface area contributed by atoms with Crippen LogP contribution >= 0.6 is 0 Å². The Balaban J connectivity index is 0.000000494. The maximum absolute atomic E-state index is 11.0. The van der Waals surface area contributed by atoms with Crippen LogP contribution in [0.5, 0.6) is 5.75 Å². The van der Waals surface area contributed by atoms with Crippen LogP contribution in [0, 0.1) is 0 Å². The van der Waals surface area contributed by atoms with Gasteiger partial charge in [-0.15, -0.1) is 0 Å². The molecular weight excluding hydrogens is 230 g/mol. The van der Waals surface area contributed by atoms with Crippen molar-refractivity contribution in [3.8, 4) is 5.75 Å². The van der Waals surface area contributed by atoms with E-state index in [4.69, 9.17) is 9.47 Å². The molecule has 0 spiro atoms. The number of hydrogen-bond donors (Lipinski definition) is 0. The standard InChI is InChI=1S/C10H13NO2.C4H10O/c1-8(12)11(2)9-4-6-10(13-3)7-5-9;1-3-5-4-2/h4-7H,1-3H3;3-4H2,1-2H3. The highest BCUT2D eigenvalue weighted by atomic mass is 16.5. The molecule has 0 aliphatic carbocycles. The second-order valence-corrected chi connectivity index (χ2v) is 3.56. The summed E-state index contributed by atoms with van der Waals surface area (Å²) in [5.41, 5.74) is 0.869. The van der Waals surface area contributed by atoms with Gasteiger partial charge in [0.1, 0.15) is 5.75 Å². The van der Waals surface area contributed by atoms with Crippen LogP contribution in [0.25, 0.3) is 0 Å². The molecule has 4 nitrogen and oxygen atoms in total. The van der Waals surface area contributed by atoms with Crippen LogP contribution in [0.2, 0.25) is 0 Å². The molecule has 0 heterocycles. The number of hydrogen-bond acceptors (Lipinski definition) is 3. The number of carbonyl (C=O) groups excluding carboxylic acids is 1. The second-order valence-electron chi connectivity index (χ2n) is 3.56. The van der Waals surface area contributed by atoms with Crippen LogP contribution in [-0.2, 0) is 9.53 Å². The molecule has 0 N–H and O–H groups in total. The molecule has 0 radical (unpaired) electrons. The topological polar surface area (TPSA) is 38.8 Å². The van der Waals surface area contributed by atoms with Crippen molar-refractivity contribution in [3.63, 3.8) is 0 Å². The molecule has 102 valence electrons. The predicted octanol–water partition coefficient (Wildman–Crippen LogP) is 2.72. The van der Waals surface area contributed by atoms with Crippen molar-refractivity contribution in [2.45, 2.75) is 20.8 Å². The highest BCUT2D eigenvalue weighted by Crippen LogP contribution is 2.17. The molecule has 0 saturated carbocycles. The first-order chi connectivity index (χ1) is 8.56. The lowest BCUT2D eigenvalue weighted by molar-refractivity contribution is -0.116. The fraction of sp³-hybridized carbons (Fsp3) is 0.500. The largest absolute Gasteiger partial charge is 0.497 e. The van der Waals surface area contributed by atoms with Crippen molar-refractivity contribution in [3.05, 3.63) is 24.3 Å². The smallest absolute Gasteiger partial charge is 0.223 e. The van der Waals surface area contributed by atoms with Crippen molar-refractivity contribution in [2.24, 2.45) is 0 Å². The predicted molar refractivity (Wildman–Crippen MR) is 74.2 cm³/mol. The number of nitrogens with zero attached hydrogens (tertiary/aromatic N) is 1. The van der Waals surface area contributed by atoms with Gasteiger partial charge in [0.05, 0.1) is 7.11 Å². The summed E-state index contributed by atoms with van der Waals surface area (Å²) in [7, 11) is 3.35. The molecule has 1 aromatic carbocycles. The number of carbonyl (C=O) groups is 1. The van der Waals surface area contributed by atoms with Gasteiger partial charge in [0.25, 0.3) is 0 Å². The third-order valence-corrected chi connectivity index (χ3v) is 2.34. The zero-order chi connectivity index (χ0) is 14.0. The minimum absolute atomic E-state index is 0.0187. The summed E-state index contributed by atoms with van der Waals surface area (Å²) in [5, 5.41) is 0. The Labute approximate surface area is 110 Å². The molecule has 0 fully saturated rings. The Bertz CT molecular complexity index is 333. The van der Waals surface area contributed by atoms with Gasteiger partial charge in [-0.1, -0.05) is 0 Å². The summed E-state index contributed by atoms with van der Waals surface area (Å²) in [6, 6.07) is 7.35. The summed E-state index contributed by atoms with van der Waals surface area (Å²) in [4.78, 5) is 12.6. The van der Waals surface area contributed by atoms with E-state index >= 15 is 0 Å². The van der Waals surface area contributed by atoms with E-state index in [9.17, 15) is 4.79 Å². The fourth-order valence-corrected chi connectivity index (χ4v) is 1.19. The first kappa shape index (κ1) is 16.4. The third-order valence-electron chi connectivity index (χ3n) is 2.34. The maximum Gasteiger partial charge on any atom is 0.223 e. The summed E-state index contributed by atoms with van der Waals surface area (Å²) in [6.45, 7) is 7.20. The van der Waals surface area contributed by atoms with Crippen LogP contribution in [0.15, 0.2) is 24.3 Å². The summed E-state index contributed by atoms with van der Waals surface area (Å²) in [5.74, 6) is 0.811. The van der Waals surface area contributed by atoms with Crippen LogP contribution in [0.1, 0.15) is 20.8 Å². The minimum atomic E-state index is 0.0187. The summed E-state index contributed by atoms with van der Waals surface area (Å²) in [6.07, 6.45) is 0. The molecule has 0 unspecified atom stereocenters. The van der Waals surface area contributed by atoms with Gasteiger partial charge >= 0.3 is 0 Å². The van der Waals surface area contributed by atoms with E-state index in [0.717, 1.165) is 24.7 Å². The first-order valence-corrected chi connectivity index (χ1v) is 6.02. The molecule has 0 atom stereocenters. The molecule has 0 aliphatic heterocycles. The normalized spacial score (nSPS) is 9.17. The van der Waals surface area contributed by atoms with E-state index in [2.05, 4.69) is 0 Å². The number of anilines is 1. The van der Waals surface area contributed by atoms with E-state index in [1.807, 2.05) is 38.1 Å². The van der Waals surface area contributed by atoms with Gasteiger partial charge in [0.2, 0.25) is 5.91 Å². The van der Waals surface area contributed by atoms with Gasteiger partial charge in [-0.05, 0) is 38.1 Å². The number of ether oxygens (including phenoxy) is 2. The molecule has 0 aliphatic rings. The maximum atomic E-state index is 11.0. The Morgan fingerprint density at radius 2 is 1.67 bits per heavy atom. The van der Waals surface area contributed by atoms with Crippen molar-refractivity contribution in [1.82, 2.24) is 0 Å². The van der Waals surface area contributed by atoms with E-state index in [1.165, 1.54) is 6.92 Å². The average molecular weight is 253 g/mol. The van der Waals surface area contributed by atoms with E-state index in [1.54, 1.807) is 19.1 Å². The fourth-order valence-electron chi connectivity index (χ4n) is 1.19. The zero-order valence-corrected chi connectivity index (χ0v) is 11.9. The molecule has 0 bridgehead atoms. The summed E-state index contributed by atoms with van der Waals surface area (Å²) < 4.78 is 9.84. The van der Waals surface area contributed by atoms with Crippen molar-refractivity contribution < 1.29 is 14.3 Å². The lowest BCUT2D eigenvalue weighted by atomic mass is 10.3. The average Bonchev–Trinajstić information content (AvgIpc) is 2.39. The molecule has 1 aromatic rings. The Kier molecular flexibility index (Phi) is 8.66. The van der Waals surface area contributed by atoms with Crippen LogP contribution < -0.4 is 9.64 Å². The SMILES string of the molecule is CCOCC.COc1ccc(N(C)C(C)=O)cc1. The third kappa shape index (κ3) is 6.25. The molecule has 1 amide bonds. The number of methoxy groups -OCH3 is 1. The highest BCUT2D eigenvalue weighted by molar-refractivity contribution is 5.90. The minimum Gasteiger partial charge on any atom is -0.497 e.